The van der Waals surface area contributed by atoms with Crippen LogP contribution in [0.1, 0.15) is 40.5 Å². The van der Waals surface area contributed by atoms with Gasteiger partial charge in [-0.25, -0.2) is 0 Å². The second kappa shape index (κ2) is 4.73. The van der Waals surface area contributed by atoms with Crippen LogP contribution in [0.25, 0.3) is 0 Å². The third kappa shape index (κ3) is 3.89. The molecule has 0 saturated carbocycles. The highest BCUT2D eigenvalue weighted by Gasteiger charge is 2.11. The Hall–Kier alpha value is -0.0400. The Balaban J connectivity index is 3.46. The predicted molar refractivity (Wildman–Crippen MR) is 44.9 cm³/mol. The zero-order chi connectivity index (χ0) is 8.15. The molecular formula is C9H20O. The second-order valence-electron chi connectivity index (χ2n) is 3.47. The maximum atomic E-state index is 9.17. The average molecular weight is 144 g/mol. The minimum Gasteiger partial charge on any atom is -0.393 e. The molecule has 1 nitrogen and oxygen atoms in total. The molecule has 62 valence electrons. The molecule has 1 N–H and O–H groups in total. The van der Waals surface area contributed by atoms with Gasteiger partial charge in [0.2, 0.25) is 0 Å². The molecule has 0 radical (unpaired) electrons. The van der Waals surface area contributed by atoms with Crippen LogP contribution in [-0.2, 0) is 0 Å². The summed E-state index contributed by atoms with van der Waals surface area (Å²) in [5.74, 6) is 1.21. The summed E-state index contributed by atoms with van der Waals surface area (Å²) in [5, 5.41) is 9.17. The fraction of sp³-hybridized carbons (Fsp3) is 1.00. The van der Waals surface area contributed by atoms with E-state index in [1.54, 1.807) is 0 Å². The van der Waals surface area contributed by atoms with Crippen molar-refractivity contribution in [3.8, 4) is 0 Å². The lowest BCUT2D eigenvalue weighted by atomic mass is 9.92. The second-order valence-corrected chi connectivity index (χ2v) is 3.47. The first-order chi connectivity index (χ1) is 4.57. The van der Waals surface area contributed by atoms with E-state index in [9.17, 15) is 0 Å². The number of aliphatic hydroxyl groups excluding tert-OH is 1. The molecule has 0 aliphatic carbocycles. The molecule has 10 heavy (non-hydrogen) atoms. The zero-order valence-corrected chi connectivity index (χ0v) is 7.59. The summed E-state index contributed by atoms with van der Waals surface area (Å²) in [6.07, 6.45) is 2.22. The van der Waals surface area contributed by atoms with Gasteiger partial charge in [-0.1, -0.05) is 27.2 Å². The molecule has 0 heterocycles. The lowest BCUT2D eigenvalue weighted by Crippen LogP contribution is -2.15. The van der Waals surface area contributed by atoms with Crippen LogP contribution in [0.3, 0.4) is 0 Å². The molecule has 0 amide bonds. The number of hydrogen-bond acceptors (Lipinski definition) is 1. The minimum absolute atomic E-state index is 0.144. The molecule has 0 rings (SSSR count). The highest BCUT2D eigenvalue weighted by molar-refractivity contribution is 4.62. The topological polar surface area (TPSA) is 20.2 Å². The van der Waals surface area contributed by atoms with E-state index >= 15 is 0 Å². The first-order valence-electron chi connectivity index (χ1n) is 4.26. The van der Waals surface area contributed by atoms with E-state index in [0.29, 0.717) is 5.92 Å². The van der Waals surface area contributed by atoms with Gasteiger partial charge in [0, 0.05) is 0 Å². The zero-order valence-electron chi connectivity index (χ0n) is 7.59. The van der Waals surface area contributed by atoms with Gasteiger partial charge in [-0.05, 0) is 25.2 Å². The molecule has 0 spiro atoms. The van der Waals surface area contributed by atoms with Crippen molar-refractivity contribution >= 4 is 0 Å². The molecule has 0 fully saturated rings. The summed E-state index contributed by atoms with van der Waals surface area (Å²) in [5.41, 5.74) is 0. The van der Waals surface area contributed by atoms with E-state index in [0.717, 1.165) is 12.3 Å². The fourth-order valence-electron chi connectivity index (χ4n) is 0.998. The van der Waals surface area contributed by atoms with Crippen molar-refractivity contribution in [2.75, 3.05) is 0 Å². The van der Waals surface area contributed by atoms with Crippen molar-refractivity contribution in [1.29, 1.82) is 0 Å². The standard InChI is InChI=1S/C9H20O/c1-5-7(2)6-8(3)9(4)10/h7-10H,5-6H2,1-4H3/t7-,8?,9?/m1/s1. The Morgan fingerprint density at radius 3 is 2.00 bits per heavy atom. The maximum Gasteiger partial charge on any atom is 0.0537 e. The molecule has 0 bridgehead atoms. The van der Waals surface area contributed by atoms with Crippen LogP contribution in [0.5, 0.6) is 0 Å². The third-order valence-electron chi connectivity index (χ3n) is 2.29. The molecule has 0 aromatic rings. The first kappa shape index (κ1) is 9.96. The molecule has 0 aromatic carbocycles. The van der Waals surface area contributed by atoms with E-state index < -0.39 is 0 Å². The lowest BCUT2D eigenvalue weighted by molar-refractivity contribution is 0.120. The number of rotatable bonds is 4. The normalized spacial score (nSPS) is 20.1. The van der Waals surface area contributed by atoms with Crippen molar-refractivity contribution in [3.63, 3.8) is 0 Å². The van der Waals surface area contributed by atoms with Gasteiger partial charge in [0.1, 0.15) is 0 Å². The fourth-order valence-corrected chi connectivity index (χ4v) is 0.998. The number of aliphatic hydroxyl groups is 1. The SMILES string of the molecule is CC[C@@H](C)CC(C)C(C)O. The van der Waals surface area contributed by atoms with Gasteiger partial charge >= 0.3 is 0 Å². The van der Waals surface area contributed by atoms with Crippen molar-refractivity contribution in [3.05, 3.63) is 0 Å². The Bertz CT molecular complexity index is 78.8. The summed E-state index contributed by atoms with van der Waals surface area (Å²) in [6, 6.07) is 0. The predicted octanol–water partition coefficient (Wildman–Crippen LogP) is 2.44. The van der Waals surface area contributed by atoms with Crippen molar-refractivity contribution in [2.45, 2.75) is 46.6 Å². The molecule has 0 aliphatic heterocycles. The van der Waals surface area contributed by atoms with E-state index in [4.69, 9.17) is 5.11 Å². The van der Waals surface area contributed by atoms with E-state index in [2.05, 4.69) is 20.8 Å². The van der Waals surface area contributed by atoms with Gasteiger partial charge < -0.3 is 5.11 Å². The van der Waals surface area contributed by atoms with Crippen LogP contribution in [0, 0.1) is 11.8 Å². The summed E-state index contributed by atoms with van der Waals surface area (Å²) in [4.78, 5) is 0. The largest absolute Gasteiger partial charge is 0.393 e. The van der Waals surface area contributed by atoms with Gasteiger partial charge in [-0.3, -0.25) is 0 Å². The van der Waals surface area contributed by atoms with Gasteiger partial charge in [-0.2, -0.15) is 0 Å². The van der Waals surface area contributed by atoms with Crippen molar-refractivity contribution in [2.24, 2.45) is 11.8 Å². The highest BCUT2D eigenvalue weighted by Crippen LogP contribution is 2.17. The molecule has 2 unspecified atom stereocenters. The molecule has 1 heteroatoms. The van der Waals surface area contributed by atoms with Crippen LogP contribution >= 0.6 is 0 Å². The smallest absolute Gasteiger partial charge is 0.0537 e. The number of hydrogen-bond donors (Lipinski definition) is 1. The first-order valence-corrected chi connectivity index (χ1v) is 4.26. The van der Waals surface area contributed by atoms with Crippen LogP contribution in [-0.4, -0.2) is 11.2 Å². The monoisotopic (exact) mass is 144 g/mol. The quantitative estimate of drug-likeness (QED) is 0.642. The molecule has 0 aliphatic rings. The Morgan fingerprint density at radius 1 is 1.20 bits per heavy atom. The maximum absolute atomic E-state index is 9.17. The summed E-state index contributed by atoms with van der Waals surface area (Å²) < 4.78 is 0. The minimum atomic E-state index is -0.144. The molecular weight excluding hydrogens is 124 g/mol. The summed E-state index contributed by atoms with van der Waals surface area (Å²) >= 11 is 0. The van der Waals surface area contributed by atoms with Crippen LogP contribution in [0.4, 0.5) is 0 Å². The Kier molecular flexibility index (Phi) is 4.71. The van der Waals surface area contributed by atoms with E-state index in [-0.39, 0.29) is 6.10 Å². The van der Waals surface area contributed by atoms with Gasteiger partial charge in [0.15, 0.2) is 0 Å². The van der Waals surface area contributed by atoms with Crippen molar-refractivity contribution in [1.82, 2.24) is 0 Å². The van der Waals surface area contributed by atoms with Crippen LogP contribution in [0.15, 0.2) is 0 Å². The van der Waals surface area contributed by atoms with Crippen LogP contribution in [0.2, 0.25) is 0 Å². The van der Waals surface area contributed by atoms with E-state index in [1.165, 1.54) is 6.42 Å². The third-order valence-corrected chi connectivity index (χ3v) is 2.29. The summed E-state index contributed by atoms with van der Waals surface area (Å²) in [6.45, 7) is 8.40. The van der Waals surface area contributed by atoms with Gasteiger partial charge in [-0.15, -0.1) is 0 Å². The molecule has 0 aromatic heterocycles. The average Bonchev–Trinajstić information content (AvgIpc) is 1.87. The lowest BCUT2D eigenvalue weighted by Gasteiger charge is -2.17. The Morgan fingerprint density at radius 2 is 1.70 bits per heavy atom. The van der Waals surface area contributed by atoms with E-state index in [1.807, 2.05) is 6.92 Å². The highest BCUT2D eigenvalue weighted by atomic mass is 16.3. The molecule has 3 atom stereocenters. The van der Waals surface area contributed by atoms with Gasteiger partial charge in [0.05, 0.1) is 6.10 Å². The van der Waals surface area contributed by atoms with Crippen molar-refractivity contribution < 1.29 is 5.11 Å². The summed E-state index contributed by atoms with van der Waals surface area (Å²) in [7, 11) is 0. The van der Waals surface area contributed by atoms with Crippen LogP contribution < -0.4 is 0 Å². The van der Waals surface area contributed by atoms with Gasteiger partial charge in [0.25, 0.3) is 0 Å². The Labute approximate surface area is 64.5 Å². The molecule has 0 saturated heterocycles.